The second kappa shape index (κ2) is 7.72. The highest BCUT2D eigenvalue weighted by atomic mass is 32.1. The van der Waals surface area contributed by atoms with Crippen LogP contribution in [0, 0.1) is 0 Å². The number of para-hydroxylation sites is 2. The van der Waals surface area contributed by atoms with Crippen LogP contribution in [0.1, 0.15) is 0 Å². The Morgan fingerprint density at radius 1 is 0.500 bits per heavy atom. The maximum atomic E-state index is 2.48. The lowest BCUT2D eigenvalue weighted by Gasteiger charge is -2.19. The molecule has 34 heavy (non-hydrogen) atoms. The molecule has 2 heteroatoms. The number of hydrogen-bond acceptors (Lipinski definition) is 1. The van der Waals surface area contributed by atoms with Gasteiger partial charge in [-0.25, -0.2) is 0 Å². The van der Waals surface area contributed by atoms with Gasteiger partial charge in [0, 0.05) is 26.6 Å². The van der Waals surface area contributed by atoms with E-state index in [1.54, 1.807) is 0 Å². The summed E-state index contributed by atoms with van der Waals surface area (Å²) in [6.07, 6.45) is 0. The third-order valence-corrected chi connectivity index (χ3v) is 7.63. The Hall–Kier alpha value is -4.14. The molecule has 0 aliphatic carbocycles. The Morgan fingerprint density at radius 3 is 1.85 bits per heavy atom. The van der Waals surface area contributed by atoms with Crippen LogP contribution in [0.25, 0.3) is 59.8 Å². The summed E-state index contributed by atoms with van der Waals surface area (Å²) >= 11 is 1.83. The van der Waals surface area contributed by atoms with E-state index in [1.807, 2.05) is 11.3 Å². The summed E-state index contributed by atoms with van der Waals surface area (Å²) in [5.41, 5.74) is 8.61. The van der Waals surface area contributed by atoms with Crippen LogP contribution >= 0.6 is 11.3 Å². The first kappa shape index (κ1) is 19.3. The fourth-order valence-corrected chi connectivity index (χ4v) is 6.16. The average Bonchev–Trinajstić information content (AvgIpc) is 3.51. The van der Waals surface area contributed by atoms with Crippen molar-refractivity contribution in [3.8, 4) is 27.9 Å². The van der Waals surface area contributed by atoms with Gasteiger partial charge < -0.3 is 4.57 Å². The van der Waals surface area contributed by atoms with Crippen molar-refractivity contribution in [3.05, 3.63) is 127 Å². The third kappa shape index (κ3) is 2.86. The fraction of sp³-hybridized carbons (Fsp3) is 0. The first-order valence-corrected chi connectivity index (χ1v) is 12.4. The van der Waals surface area contributed by atoms with Crippen molar-refractivity contribution in [2.45, 2.75) is 0 Å². The molecule has 0 radical (unpaired) electrons. The predicted molar refractivity (Wildman–Crippen MR) is 147 cm³/mol. The van der Waals surface area contributed by atoms with Crippen molar-refractivity contribution in [1.82, 2.24) is 4.57 Å². The molecular formula is C32H21NS. The van der Waals surface area contributed by atoms with Gasteiger partial charge in [-0.1, -0.05) is 103 Å². The zero-order valence-electron chi connectivity index (χ0n) is 18.5. The number of nitrogens with zero attached hydrogens (tertiary/aromatic N) is 1. The molecule has 2 aromatic heterocycles. The second-order valence-electron chi connectivity index (χ2n) is 8.58. The highest BCUT2D eigenvalue weighted by Crippen LogP contribution is 2.43. The van der Waals surface area contributed by atoms with Crippen LogP contribution in [0.2, 0.25) is 0 Å². The van der Waals surface area contributed by atoms with Gasteiger partial charge >= 0.3 is 0 Å². The van der Waals surface area contributed by atoms with Gasteiger partial charge in [0.2, 0.25) is 0 Å². The van der Waals surface area contributed by atoms with E-state index in [2.05, 4.69) is 131 Å². The Bertz CT molecular complexity index is 1730. The van der Waals surface area contributed by atoms with E-state index in [0.29, 0.717) is 0 Å². The number of benzene rings is 5. The second-order valence-corrected chi connectivity index (χ2v) is 9.50. The molecule has 0 saturated carbocycles. The van der Waals surface area contributed by atoms with Crippen LogP contribution < -0.4 is 0 Å². The molecule has 0 N–H and O–H groups in total. The summed E-state index contributed by atoms with van der Waals surface area (Å²) in [5, 5.41) is 6.14. The topological polar surface area (TPSA) is 4.93 Å². The lowest BCUT2D eigenvalue weighted by atomic mass is 9.95. The summed E-state index contributed by atoms with van der Waals surface area (Å²) in [6.45, 7) is 0. The number of aromatic nitrogens is 1. The first-order valence-electron chi connectivity index (χ1n) is 11.5. The Morgan fingerprint density at radius 2 is 1.15 bits per heavy atom. The summed E-state index contributed by atoms with van der Waals surface area (Å²) in [4.78, 5) is 0. The fourth-order valence-electron chi connectivity index (χ4n) is 5.21. The van der Waals surface area contributed by atoms with Crippen molar-refractivity contribution >= 4 is 43.2 Å². The van der Waals surface area contributed by atoms with E-state index in [9.17, 15) is 0 Å². The molecular weight excluding hydrogens is 430 g/mol. The summed E-state index contributed by atoms with van der Waals surface area (Å²) in [6, 6.07) is 43.8. The normalized spacial score (nSPS) is 11.5. The van der Waals surface area contributed by atoms with E-state index < -0.39 is 0 Å². The number of hydrogen-bond donors (Lipinski definition) is 0. The van der Waals surface area contributed by atoms with Crippen molar-refractivity contribution in [1.29, 1.82) is 0 Å². The van der Waals surface area contributed by atoms with Gasteiger partial charge in [-0.05, 0) is 40.1 Å². The van der Waals surface area contributed by atoms with Gasteiger partial charge in [-0.15, -0.1) is 11.3 Å². The van der Waals surface area contributed by atoms with E-state index in [4.69, 9.17) is 0 Å². The van der Waals surface area contributed by atoms with Gasteiger partial charge in [0.05, 0.1) is 16.7 Å². The van der Waals surface area contributed by atoms with Gasteiger partial charge in [0.1, 0.15) is 0 Å². The molecule has 0 amide bonds. The molecule has 1 nitrogen and oxygen atoms in total. The molecule has 0 atom stereocenters. The third-order valence-electron chi connectivity index (χ3n) is 6.68. The minimum absolute atomic E-state index is 1.22. The molecule has 7 aromatic rings. The number of rotatable bonds is 3. The molecule has 0 spiro atoms. The van der Waals surface area contributed by atoms with Gasteiger partial charge in [0.25, 0.3) is 0 Å². The average molecular weight is 452 g/mol. The van der Waals surface area contributed by atoms with Crippen LogP contribution in [-0.2, 0) is 0 Å². The zero-order valence-corrected chi connectivity index (χ0v) is 19.3. The van der Waals surface area contributed by atoms with Crippen molar-refractivity contribution in [2.75, 3.05) is 0 Å². The molecule has 0 fully saturated rings. The van der Waals surface area contributed by atoms with Crippen molar-refractivity contribution in [2.24, 2.45) is 0 Å². The van der Waals surface area contributed by atoms with Gasteiger partial charge in [0.15, 0.2) is 0 Å². The minimum Gasteiger partial charge on any atom is -0.308 e. The molecule has 2 heterocycles. The number of fused-ring (bicyclic) bond motifs is 5. The quantitative estimate of drug-likeness (QED) is 0.252. The molecule has 160 valence electrons. The monoisotopic (exact) mass is 451 g/mol. The van der Waals surface area contributed by atoms with Crippen LogP contribution in [0.4, 0.5) is 0 Å². The number of thiophene rings is 1. The molecule has 0 aliphatic heterocycles. The first-order chi connectivity index (χ1) is 16.9. The maximum Gasteiger partial charge on any atom is 0.0618 e. The highest BCUT2D eigenvalue weighted by molar-refractivity contribution is 7.18. The Balaban J connectivity index is 1.70. The minimum atomic E-state index is 1.22. The Labute approximate surface area is 202 Å². The molecule has 0 unspecified atom stereocenters. The van der Waals surface area contributed by atoms with Crippen LogP contribution in [0.5, 0.6) is 0 Å². The largest absolute Gasteiger partial charge is 0.308 e. The van der Waals surface area contributed by atoms with Gasteiger partial charge in [-0.3, -0.25) is 0 Å². The maximum absolute atomic E-state index is 2.48. The van der Waals surface area contributed by atoms with E-state index >= 15 is 0 Å². The lowest BCUT2D eigenvalue weighted by Crippen LogP contribution is -2.00. The van der Waals surface area contributed by atoms with Crippen molar-refractivity contribution in [3.63, 3.8) is 0 Å². The van der Waals surface area contributed by atoms with Crippen LogP contribution in [-0.4, -0.2) is 4.57 Å². The molecule has 0 saturated heterocycles. The van der Waals surface area contributed by atoms with E-state index in [0.717, 1.165) is 0 Å². The van der Waals surface area contributed by atoms with E-state index in [1.165, 1.54) is 59.8 Å². The van der Waals surface area contributed by atoms with Crippen LogP contribution in [0.3, 0.4) is 0 Å². The molecule has 0 aliphatic rings. The summed E-state index contributed by atoms with van der Waals surface area (Å²) < 4.78 is 3.83. The molecule has 7 rings (SSSR count). The lowest BCUT2D eigenvalue weighted by molar-refractivity contribution is 1.18. The van der Waals surface area contributed by atoms with Crippen molar-refractivity contribution < 1.29 is 0 Å². The molecule has 0 bridgehead atoms. The standard InChI is InChI=1S/C32H21NS/c1-3-10-22(11-4-1)25-15-9-16-26(23-12-5-2-6-13-23)31(25)33-28-17-8-7-14-27(28)30-29(33)19-18-24-20-21-34-32(24)30/h1-21H. The van der Waals surface area contributed by atoms with Gasteiger partial charge in [-0.2, -0.15) is 0 Å². The molecule has 5 aromatic carbocycles. The predicted octanol–water partition coefficient (Wildman–Crippen LogP) is 9.33. The highest BCUT2D eigenvalue weighted by Gasteiger charge is 2.20. The van der Waals surface area contributed by atoms with Crippen LogP contribution in [0.15, 0.2) is 127 Å². The Kier molecular flexibility index (Phi) is 4.39. The summed E-state index contributed by atoms with van der Waals surface area (Å²) in [7, 11) is 0. The van der Waals surface area contributed by atoms with E-state index in [-0.39, 0.29) is 0 Å². The SMILES string of the molecule is c1ccc(-c2cccc(-c3ccccc3)c2-n2c3ccccc3c3c4sccc4ccc32)cc1. The smallest absolute Gasteiger partial charge is 0.0618 e. The zero-order chi connectivity index (χ0) is 22.5. The summed E-state index contributed by atoms with van der Waals surface area (Å²) in [5.74, 6) is 0.